The summed E-state index contributed by atoms with van der Waals surface area (Å²) in [6, 6.07) is 16.4. The number of hydrogen-bond donors (Lipinski definition) is 3. The first-order valence-corrected chi connectivity index (χ1v) is 17.0. The van der Waals surface area contributed by atoms with Gasteiger partial charge in [-0.15, -0.1) is 16.4 Å². The van der Waals surface area contributed by atoms with E-state index in [2.05, 4.69) is 43.1 Å². The third-order valence-corrected chi connectivity index (χ3v) is 9.65. The van der Waals surface area contributed by atoms with Gasteiger partial charge >= 0.3 is 6.09 Å². The molecule has 1 aliphatic rings. The van der Waals surface area contributed by atoms with Gasteiger partial charge in [0, 0.05) is 31.9 Å². The average molecular weight is 699 g/mol. The molecule has 3 N–H and O–H groups in total. The van der Waals surface area contributed by atoms with Crippen molar-refractivity contribution in [2.24, 2.45) is 0 Å². The number of aromatic nitrogens is 3. The molecule has 50 heavy (non-hydrogen) atoms. The zero-order valence-corrected chi connectivity index (χ0v) is 29.2. The van der Waals surface area contributed by atoms with Crippen LogP contribution in [0.5, 0.6) is 0 Å². The fourth-order valence-corrected chi connectivity index (χ4v) is 6.67. The summed E-state index contributed by atoms with van der Waals surface area (Å²) in [7, 11) is 2.06. The van der Waals surface area contributed by atoms with E-state index in [0.29, 0.717) is 20.9 Å². The number of carbonyl (C=O) groups is 4. The number of piperazine rings is 1. The summed E-state index contributed by atoms with van der Waals surface area (Å²) in [5, 5.41) is 17.2. The van der Waals surface area contributed by atoms with E-state index in [0.717, 1.165) is 53.4 Å². The lowest BCUT2D eigenvalue weighted by Gasteiger charge is -2.34. The van der Waals surface area contributed by atoms with Crippen molar-refractivity contribution < 1.29 is 28.4 Å². The van der Waals surface area contributed by atoms with E-state index in [9.17, 15) is 19.2 Å². The number of thiophene rings is 1. The number of benzene rings is 2. The van der Waals surface area contributed by atoms with E-state index < -0.39 is 23.4 Å². The molecule has 0 atom stereocenters. The minimum absolute atomic E-state index is 0.0472. The zero-order valence-electron chi connectivity index (χ0n) is 28.4. The second-order valence-corrected chi connectivity index (χ2v) is 13.5. The van der Waals surface area contributed by atoms with Crippen LogP contribution in [0, 0.1) is 6.92 Å². The Morgan fingerprint density at radius 3 is 2.34 bits per heavy atom. The van der Waals surface area contributed by atoms with Crippen molar-refractivity contribution in [2.45, 2.75) is 33.2 Å². The van der Waals surface area contributed by atoms with Crippen LogP contribution in [-0.4, -0.2) is 83.5 Å². The van der Waals surface area contributed by atoms with Crippen molar-refractivity contribution in [1.29, 1.82) is 0 Å². The van der Waals surface area contributed by atoms with Crippen LogP contribution in [-0.2, 0) is 10.3 Å². The van der Waals surface area contributed by atoms with Gasteiger partial charge in [-0.05, 0) is 64.6 Å². The topological polar surface area (TPSA) is 164 Å². The number of fused-ring (bicyclic) bond motifs is 1. The minimum atomic E-state index is -0.759. The molecule has 0 radical (unpaired) electrons. The number of aryl methyl sites for hydroxylation is 1. The van der Waals surface area contributed by atoms with Gasteiger partial charge in [0.15, 0.2) is 5.82 Å². The van der Waals surface area contributed by atoms with Crippen molar-refractivity contribution in [2.75, 3.05) is 55.4 Å². The van der Waals surface area contributed by atoms with E-state index in [4.69, 9.17) is 9.26 Å². The molecule has 0 saturated carbocycles. The van der Waals surface area contributed by atoms with Crippen molar-refractivity contribution in [3.8, 4) is 0 Å². The number of hydrogen-bond acceptors (Lipinski definition) is 11. The summed E-state index contributed by atoms with van der Waals surface area (Å²) >= 11 is 1.05. The first-order chi connectivity index (χ1) is 23.9. The van der Waals surface area contributed by atoms with Gasteiger partial charge in [0.05, 0.1) is 39.9 Å². The summed E-state index contributed by atoms with van der Waals surface area (Å²) in [4.78, 5) is 58.8. The quantitative estimate of drug-likeness (QED) is 0.184. The van der Waals surface area contributed by atoms with Gasteiger partial charge < -0.3 is 35.0 Å². The van der Waals surface area contributed by atoms with Gasteiger partial charge in [-0.25, -0.2) is 4.79 Å². The third kappa shape index (κ3) is 7.09. The lowest BCUT2D eigenvalue weighted by Crippen LogP contribution is -2.44. The minimum Gasteiger partial charge on any atom is -0.448 e. The molecule has 3 aromatic heterocycles. The fraction of sp³-hybridized carbons (Fsp3) is 0.314. The van der Waals surface area contributed by atoms with Gasteiger partial charge in [0.2, 0.25) is 0 Å². The molecule has 5 aromatic rings. The van der Waals surface area contributed by atoms with Crippen LogP contribution < -0.4 is 20.9 Å². The molecule has 1 fully saturated rings. The first-order valence-electron chi connectivity index (χ1n) is 16.1. The number of amides is 3. The summed E-state index contributed by atoms with van der Waals surface area (Å²) in [6.07, 6.45) is 0.559. The molecule has 4 heterocycles. The highest BCUT2D eigenvalue weighted by Gasteiger charge is 2.28. The summed E-state index contributed by atoms with van der Waals surface area (Å²) < 4.78 is 11.3. The van der Waals surface area contributed by atoms with Gasteiger partial charge in [0.1, 0.15) is 16.2 Å². The van der Waals surface area contributed by atoms with Crippen LogP contribution in [0.2, 0.25) is 0 Å². The highest BCUT2D eigenvalue weighted by molar-refractivity contribution is 7.20. The fourth-order valence-electron chi connectivity index (χ4n) is 5.67. The predicted octanol–water partition coefficient (Wildman–Crippen LogP) is 5.32. The highest BCUT2D eigenvalue weighted by Crippen LogP contribution is 2.34. The van der Waals surface area contributed by atoms with E-state index >= 15 is 0 Å². The Bertz CT molecular complexity index is 2060. The van der Waals surface area contributed by atoms with Crippen LogP contribution >= 0.6 is 11.3 Å². The number of nitrogens with zero attached hydrogens (tertiary/aromatic N) is 5. The Labute approximate surface area is 292 Å². The molecule has 2 aromatic carbocycles. The van der Waals surface area contributed by atoms with Crippen LogP contribution in [0.15, 0.2) is 65.3 Å². The molecule has 6 rings (SSSR count). The van der Waals surface area contributed by atoms with Crippen LogP contribution in [0.1, 0.15) is 62.5 Å². The predicted molar refractivity (Wildman–Crippen MR) is 190 cm³/mol. The van der Waals surface area contributed by atoms with E-state index in [-0.39, 0.29) is 35.1 Å². The van der Waals surface area contributed by atoms with Gasteiger partial charge in [0.25, 0.3) is 17.7 Å². The molecule has 3 amide bonds. The number of rotatable bonds is 9. The maximum atomic E-state index is 14.0. The Kier molecular flexibility index (Phi) is 9.70. The lowest BCUT2D eigenvalue weighted by atomic mass is 9.94. The summed E-state index contributed by atoms with van der Waals surface area (Å²) in [6.45, 7) is 10.5. The normalized spacial score (nSPS) is 13.7. The SMILES string of the molecule is CCOC(=O)n1nc(NC(=O)c2ccc(N3CCN(C)CC3)cc2NC(=O)c2cnoc2C)c2cc(C(=O)NC(C)(C)c3ccccc3)sc21. The molecule has 14 nitrogen and oxygen atoms in total. The molecule has 0 spiro atoms. The molecule has 15 heteroatoms. The largest absolute Gasteiger partial charge is 0.448 e. The molecule has 0 aliphatic carbocycles. The Hall–Kier alpha value is -5.54. The number of carbonyl (C=O) groups excluding carboxylic acids is 4. The molecule has 1 aliphatic heterocycles. The maximum Gasteiger partial charge on any atom is 0.436 e. The standard InChI is InChI=1S/C35H38N8O6S/c1-6-48-34(47)43-33-25(19-28(50-33)32(46)39-35(3,4)22-10-8-7-9-11-22)29(40-43)38-30(44)24-13-12-23(42-16-14-41(5)15-17-42)18-27(24)37-31(45)26-20-36-49-21(26)2/h7-13,18-20H,6,14-17H2,1-5H3,(H,37,45)(H,39,46)(H,38,40,44). The van der Waals surface area contributed by atoms with Gasteiger partial charge in [-0.3, -0.25) is 14.4 Å². The second kappa shape index (κ2) is 14.1. The Balaban J connectivity index is 1.33. The molecule has 1 saturated heterocycles. The zero-order chi connectivity index (χ0) is 35.6. The highest BCUT2D eigenvalue weighted by atomic mass is 32.1. The van der Waals surface area contributed by atoms with Gasteiger partial charge in [-0.1, -0.05) is 35.5 Å². The van der Waals surface area contributed by atoms with Crippen molar-refractivity contribution in [3.63, 3.8) is 0 Å². The Morgan fingerprint density at radius 1 is 0.940 bits per heavy atom. The summed E-state index contributed by atoms with van der Waals surface area (Å²) in [5.41, 5.74) is 1.71. The van der Waals surface area contributed by atoms with Crippen molar-refractivity contribution in [1.82, 2.24) is 25.2 Å². The number of likely N-dealkylation sites (N-methyl/N-ethyl adjacent to an activating group) is 1. The van der Waals surface area contributed by atoms with Crippen LogP contribution in [0.25, 0.3) is 10.2 Å². The number of anilines is 3. The maximum absolute atomic E-state index is 14.0. The van der Waals surface area contributed by atoms with E-state index in [1.165, 1.54) is 6.20 Å². The smallest absolute Gasteiger partial charge is 0.436 e. The van der Waals surface area contributed by atoms with E-state index in [1.807, 2.05) is 50.2 Å². The average Bonchev–Trinajstić information content (AvgIpc) is 3.81. The third-order valence-electron chi connectivity index (χ3n) is 8.54. The lowest BCUT2D eigenvalue weighted by molar-refractivity contribution is 0.0915. The van der Waals surface area contributed by atoms with Crippen LogP contribution in [0.3, 0.4) is 0 Å². The monoisotopic (exact) mass is 698 g/mol. The van der Waals surface area contributed by atoms with Crippen molar-refractivity contribution >= 4 is 62.6 Å². The first kappa shape index (κ1) is 34.3. The Morgan fingerprint density at radius 2 is 1.66 bits per heavy atom. The molecule has 0 unspecified atom stereocenters. The van der Waals surface area contributed by atoms with Crippen LogP contribution in [0.4, 0.5) is 22.0 Å². The molecule has 0 bridgehead atoms. The number of nitrogens with one attached hydrogen (secondary N) is 3. The molecular weight excluding hydrogens is 661 g/mol. The second-order valence-electron chi connectivity index (χ2n) is 12.5. The molecule has 260 valence electrons. The van der Waals surface area contributed by atoms with E-state index in [1.54, 1.807) is 32.0 Å². The number of ether oxygens (including phenoxy) is 1. The summed E-state index contributed by atoms with van der Waals surface area (Å²) in [5.74, 6) is -1.06. The molecular formula is C35H38N8O6S. The van der Waals surface area contributed by atoms with Gasteiger partial charge in [-0.2, -0.15) is 4.68 Å². The van der Waals surface area contributed by atoms with Crippen molar-refractivity contribution in [3.05, 3.63) is 88.1 Å².